The van der Waals surface area contributed by atoms with Crippen LogP contribution < -0.4 is 5.32 Å². The van der Waals surface area contributed by atoms with Crippen LogP contribution in [0.3, 0.4) is 0 Å². The highest BCUT2D eigenvalue weighted by Crippen LogP contribution is 2.17. The van der Waals surface area contributed by atoms with Gasteiger partial charge in [-0.25, -0.2) is 13.8 Å². The predicted octanol–water partition coefficient (Wildman–Crippen LogP) is 2.91. The summed E-state index contributed by atoms with van der Waals surface area (Å²) in [6.07, 6.45) is 1.62. The van der Waals surface area contributed by atoms with Crippen molar-refractivity contribution >= 4 is 17.2 Å². The van der Waals surface area contributed by atoms with Crippen molar-refractivity contribution in [2.24, 2.45) is 0 Å². The molecule has 1 aromatic carbocycles. The number of nitrogens with zero attached hydrogens (tertiary/aromatic N) is 1. The molecule has 0 saturated heterocycles. The van der Waals surface area contributed by atoms with E-state index in [1.807, 2.05) is 0 Å². The van der Waals surface area contributed by atoms with E-state index in [-0.39, 0.29) is 11.6 Å². The summed E-state index contributed by atoms with van der Waals surface area (Å²) in [5, 5.41) is 5.06. The molecule has 0 radical (unpaired) electrons. The second-order valence-electron chi connectivity index (χ2n) is 3.67. The number of carbonyl (C=O) groups is 1. The predicted molar refractivity (Wildman–Crippen MR) is 64.4 cm³/mol. The van der Waals surface area contributed by atoms with Gasteiger partial charge in [-0.05, 0) is 19.1 Å². The van der Waals surface area contributed by atoms with Crippen molar-refractivity contribution in [2.45, 2.75) is 13.0 Å². The SMILES string of the molecule is CC(NC(=O)c1cccc(F)c1F)c1nccs1. The number of nitrogens with one attached hydrogen (secondary N) is 1. The van der Waals surface area contributed by atoms with Gasteiger partial charge in [0, 0.05) is 11.6 Å². The molecule has 0 saturated carbocycles. The molecule has 0 aliphatic heterocycles. The Labute approximate surface area is 106 Å². The van der Waals surface area contributed by atoms with Gasteiger partial charge >= 0.3 is 0 Å². The topological polar surface area (TPSA) is 42.0 Å². The number of hydrogen-bond donors (Lipinski definition) is 1. The van der Waals surface area contributed by atoms with E-state index in [4.69, 9.17) is 0 Å². The zero-order valence-corrected chi connectivity index (χ0v) is 10.3. The third-order valence-electron chi connectivity index (χ3n) is 2.37. The van der Waals surface area contributed by atoms with Crippen LogP contribution >= 0.6 is 11.3 Å². The van der Waals surface area contributed by atoms with Crippen LogP contribution in [0.4, 0.5) is 8.78 Å². The molecule has 6 heteroatoms. The van der Waals surface area contributed by atoms with E-state index in [1.54, 1.807) is 18.5 Å². The van der Waals surface area contributed by atoms with Gasteiger partial charge in [-0.15, -0.1) is 11.3 Å². The molecule has 3 nitrogen and oxygen atoms in total. The summed E-state index contributed by atoms with van der Waals surface area (Å²) in [6.45, 7) is 1.73. The minimum absolute atomic E-state index is 0.307. The Balaban J connectivity index is 2.15. The Hall–Kier alpha value is -1.82. The molecule has 0 bridgehead atoms. The van der Waals surface area contributed by atoms with E-state index in [0.717, 1.165) is 6.07 Å². The average Bonchev–Trinajstić information content (AvgIpc) is 2.86. The maximum atomic E-state index is 13.4. The molecule has 0 spiro atoms. The lowest BCUT2D eigenvalue weighted by Gasteiger charge is -2.11. The number of thiazole rings is 1. The molecule has 94 valence electrons. The van der Waals surface area contributed by atoms with Gasteiger partial charge in [0.05, 0.1) is 11.6 Å². The number of benzene rings is 1. The van der Waals surface area contributed by atoms with Crippen molar-refractivity contribution in [1.82, 2.24) is 10.3 Å². The molecule has 2 aromatic rings. The van der Waals surface area contributed by atoms with Gasteiger partial charge in [-0.2, -0.15) is 0 Å². The maximum absolute atomic E-state index is 13.4. The fourth-order valence-corrected chi connectivity index (χ4v) is 2.11. The van der Waals surface area contributed by atoms with Crippen molar-refractivity contribution in [3.8, 4) is 0 Å². The molecule has 0 aliphatic rings. The zero-order chi connectivity index (χ0) is 13.1. The molecule has 1 atom stereocenters. The van der Waals surface area contributed by atoms with E-state index >= 15 is 0 Å². The fourth-order valence-electron chi connectivity index (χ4n) is 1.46. The standard InChI is InChI=1S/C12H10F2N2OS/c1-7(12-15-5-6-18-12)16-11(17)8-3-2-4-9(13)10(8)14/h2-7H,1H3,(H,16,17). The lowest BCUT2D eigenvalue weighted by molar-refractivity contribution is 0.0934. The summed E-state index contributed by atoms with van der Waals surface area (Å²) in [7, 11) is 0. The lowest BCUT2D eigenvalue weighted by Crippen LogP contribution is -2.27. The van der Waals surface area contributed by atoms with Crippen molar-refractivity contribution in [3.63, 3.8) is 0 Å². The first kappa shape index (κ1) is 12.6. The minimum atomic E-state index is -1.14. The van der Waals surface area contributed by atoms with Gasteiger partial charge in [0.1, 0.15) is 5.01 Å². The Kier molecular flexibility index (Phi) is 3.66. The van der Waals surface area contributed by atoms with E-state index in [0.29, 0.717) is 5.01 Å². The lowest BCUT2D eigenvalue weighted by atomic mass is 10.2. The minimum Gasteiger partial charge on any atom is -0.343 e. The maximum Gasteiger partial charge on any atom is 0.254 e. The van der Waals surface area contributed by atoms with Crippen molar-refractivity contribution in [2.75, 3.05) is 0 Å². The number of hydrogen-bond acceptors (Lipinski definition) is 3. The normalized spacial score (nSPS) is 12.2. The summed E-state index contributed by atoms with van der Waals surface area (Å²) in [5.74, 6) is -2.83. The van der Waals surface area contributed by atoms with Crippen LogP contribution in [0.15, 0.2) is 29.8 Å². The smallest absolute Gasteiger partial charge is 0.254 e. The molecule has 1 heterocycles. The van der Waals surface area contributed by atoms with Crippen molar-refractivity contribution in [3.05, 3.63) is 52.0 Å². The molecule has 1 unspecified atom stereocenters. The molecule has 1 amide bonds. The largest absolute Gasteiger partial charge is 0.343 e. The number of carbonyl (C=O) groups excluding carboxylic acids is 1. The molecule has 0 fully saturated rings. The van der Waals surface area contributed by atoms with Crippen LogP contribution in [0.1, 0.15) is 28.3 Å². The highest BCUT2D eigenvalue weighted by atomic mass is 32.1. The van der Waals surface area contributed by atoms with Crippen LogP contribution in [-0.4, -0.2) is 10.9 Å². The van der Waals surface area contributed by atoms with E-state index in [2.05, 4.69) is 10.3 Å². The summed E-state index contributed by atoms with van der Waals surface area (Å²) in [4.78, 5) is 15.8. The molecular formula is C12H10F2N2OS. The van der Waals surface area contributed by atoms with Crippen molar-refractivity contribution in [1.29, 1.82) is 0 Å². The van der Waals surface area contributed by atoms with E-state index in [1.165, 1.54) is 23.5 Å². The summed E-state index contributed by atoms with van der Waals surface area (Å²) >= 11 is 1.38. The Morgan fingerprint density at radius 2 is 2.22 bits per heavy atom. The Bertz CT molecular complexity index is 557. The van der Waals surface area contributed by atoms with Gasteiger partial charge in [-0.3, -0.25) is 4.79 Å². The highest BCUT2D eigenvalue weighted by Gasteiger charge is 2.18. The molecular weight excluding hydrogens is 258 g/mol. The van der Waals surface area contributed by atoms with Crippen LogP contribution in [0.25, 0.3) is 0 Å². The molecule has 1 N–H and O–H groups in total. The fraction of sp³-hybridized carbons (Fsp3) is 0.167. The first-order chi connectivity index (χ1) is 8.59. The molecule has 18 heavy (non-hydrogen) atoms. The second kappa shape index (κ2) is 5.22. The molecule has 1 aromatic heterocycles. The third kappa shape index (κ3) is 2.53. The summed E-state index contributed by atoms with van der Waals surface area (Å²) in [5.41, 5.74) is -0.307. The van der Waals surface area contributed by atoms with Crippen LogP contribution in [0.2, 0.25) is 0 Å². The van der Waals surface area contributed by atoms with Gasteiger partial charge in [0.15, 0.2) is 11.6 Å². The van der Waals surface area contributed by atoms with E-state index < -0.39 is 17.5 Å². The zero-order valence-electron chi connectivity index (χ0n) is 9.48. The third-order valence-corrected chi connectivity index (χ3v) is 3.32. The first-order valence-electron chi connectivity index (χ1n) is 5.24. The number of aromatic nitrogens is 1. The van der Waals surface area contributed by atoms with Crippen molar-refractivity contribution < 1.29 is 13.6 Å². The number of halogens is 2. The summed E-state index contributed by atoms with van der Waals surface area (Å²) in [6, 6.07) is 3.15. The Morgan fingerprint density at radius 1 is 1.44 bits per heavy atom. The van der Waals surface area contributed by atoms with Gasteiger partial charge in [-0.1, -0.05) is 6.07 Å². The van der Waals surface area contributed by atoms with Crippen LogP contribution in [0, 0.1) is 11.6 Å². The quantitative estimate of drug-likeness (QED) is 0.930. The first-order valence-corrected chi connectivity index (χ1v) is 6.12. The number of amides is 1. The Morgan fingerprint density at radius 3 is 2.89 bits per heavy atom. The van der Waals surface area contributed by atoms with Gasteiger partial charge in [0.25, 0.3) is 5.91 Å². The average molecular weight is 268 g/mol. The highest BCUT2D eigenvalue weighted by molar-refractivity contribution is 7.09. The van der Waals surface area contributed by atoms with Gasteiger partial charge in [0.2, 0.25) is 0 Å². The van der Waals surface area contributed by atoms with E-state index in [9.17, 15) is 13.6 Å². The van der Waals surface area contributed by atoms with Crippen LogP contribution in [0.5, 0.6) is 0 Å². The summed E-state index contributed by atoms with van der Waals surface area (Å²) < 4.78 is 26.4. The monoisotopic (exact) mass is 268 g/mol. The van der Waals surface area contributed by atoms with Gasteiger partial charge < -0.3 is 5.32 Å². The molecule has 2 rings (SSSR count). The van der Waals surface area contributed by atoms with Crippen LogP contribution in [-0.2, 0) is 0 Å². The second-order valence-corrected chi connectivity index (χ2v) is 4.59. The molecule has 0 aliphatic carbocycles. The number of rotatable bonds is 3.